The van der Waals surface area contributed by atoms with Gasteiger partial charge in [-0.1, -0.05) is 17.3 Å². The van der Waals surface area contributed by atoms with Crippen molar-refractivity contribution in [2.45, 2.75) is 6.54 Å². The molecule has 0 N–H and O–H groups in total. The molecule has 0 amide bonds. The summed E-state index contributed by atoms with van der Waals surface area (Å²) < 4.78 is 6.63. The molecule has 18 heavy (non-hydrogen) atoms. The summed E-state index contributed by atoms with van der Waals surface area (Å²) in [4.78, 5) is 0. The van der Waals surface area contributed by atoms with E-state index in [0.29, 0.717) is 17.0 Å². The first-order chi connectivity index (χ1) is 8.81. The van der Waals surface area contributed by atoms with Gasteiger partial charge in [0.2, 0.25) is 0 Å². The summed E-state index contributed by atoms with van der Waals surface area (Å²) in [6.07, 6.45) is 0. The van der Waals surface area contributed by atoms with Crippen molar-refractivity contribution in [1.29, 1.82) is 10.5 Å². The third kappa shape index (κ3) is 1.87. The molecule has 1 aromatic carbocycles. The average molecular weight is 239 g/mol. The minimum absolute atomic E-state index is 0.0298. The Bertz CT molecular complexity index is 647. The number of nitriles is 2. The van der Waals surface area contributed by atoms with Gasteiger partial charge in [0.05, 0.1) is 13.2 Å². The Hall–Kier alpha value is -2.86. The molecule has 88 valence electrons. The number of nitrogens with zero attached hydrogens (tertiary/aromatic N) is 5. The van der Waals surface area contributed by atoms with Crippen LogP contribution in [0.2, 0.25) is 0 Å². The maximum atomic E-state index is 9.04. The van der Waals surface area contributed by atoms with E-state index < -0.39 is 0 Å². The van der Waals surface area contributed by atoms with Gasteiger partial charge in [-0.25, -0.2) is 4.68 Å². The van der Waals surface area contributed by atoms with Crippen LogP contribution in [-0.4, -0.2) is 22.1 Å². The first-order valence-electron chi connectivity index (χ1n) is 5.15. The molecule has 0 fully saturated rings. The Morgan fingerprint density at radius 3 is 2.78 bits per heavy atom. The molecule has 0 atom stereocenters. The van der Waals surface area contributed by atoms with Crippen LogP contribution in [0.15, 0.2) is 24.3 Å². The van der Waals surface area contributed by atoms with E-state index in [-0.39, 0.29) is 12.2 Å². The molecule has 0 saturated carbocycles. The lowest BCUT2D eigenvalue weighted by molar-refractivity contribution is 0.416. The summed E-state index contributed by atoms with van der Waals surface area (Å²) in [5.41, 5.74) is 1.36. The summed E-state index contributed by atoms with van der Waals surface area (Å²) in [5, 5.41) is 25.3. The van der Waals surface area contributed by atoms with E-state index in [4.69, 9.17) is 15.3 Å². The standard InChI is InChI=1S/C12H9N5O/c1-18-11-5-3-2-4-9(11)12-10(8-14)15-16-17(12)7-6-13/h2-5H,7H2,1H3. The first kappa shape index (κ1) is 11.6. The summed E-state index contributed by atoms with van der Waals surface area (Å²) in [6.45, 7) is 0.0298. The van der Waals surface area contributed by atoms with Gasteiger partial charge in [0.25, 0.3) is 0 Å². The number of para-hydroxylation sites is 1. The zero-order chi connectivity index (χ0) is 13.0. The van der Waals surface area contributed by atoms with Crippen molar-refractivity contribution in [3.63, 3.8) is 0 Å². The van der Waals surface area contributed by atoms with Crippen LogP contribution >= 0.6 is 0 Å². The van der Waals surface area contributed by atoms with Gasteiger partial charge in [-0.2, -0.15) is 10.5 Å². The molecule has 2 rings (SSSR count). The quantitative estimate of drug-likeness (QED) is 0.806. The largest absolute Gasteiger partial charge is 0.496 e. The second-order valence-corrected chi connectivity index (χ2v) is 3.41. The Balaban J connectivity index is 2.66. The van der Waals surface area contributed by atoms with Crippen LogP contribution in [0.3, 0.4) is 0 Å². The molecule has 6 heteroatoms. The van der Waals surface area contributed by atoms with Crippen LogP contribution in [0, 0.1) is 22.7 Å². The number of methoxy groups -OCH3 is 1. The number of ether oxygens (including phenoxy) is 1. The number of hydrogen-bond donors (Lipinski definition) is 0. The van der Waals surface area contributed by atoms with E-state index in [1.54, 1.807) is 19.2 Å². The third-order valence-electron chi connectivity index (χ3n) is 2.42. The zero-order valence-electron chi connectivity index (χ0n) is 9.66. The highest BCUT2D eigenvalue weighted by Crippen LogP contribution is 2.30. The molecule has 1 heterocycles. The topological polar surface area (TPSA) is 87.5 Å². The van der Waals surface area contributed by atoms with Crippen LogP contribution in [0.25, 0.3) is 11.3 Å². The Labute approximate surface area is 104 Å². The van der Waals surface area contributed by atoms with Crippen molar-refractivity contribution < 1.29 is 4.74 Å². The molecule has 2 aromatic rings. The van der Waals surface area contributed by atoms with E-state index in [1.807, 2.05) is 24.3 Å². The lowest BCUT2D eigenvalue weighted by atomic mass is 10.1. The highest BCUT2D eigenvalue weighted by Gasteiger charge is 2.17. The lowest BCUT2D eigenvalue weighted by Crippen LogP contribution is -2.02. The predicted molar refractivity (Wildman–Crippen MR) is 62.3 cm³/mol. The molecule has 6 nitrogen and oxygen atoms in total. The van der Waals surface area contributed by atoms with Gasteiger partial charge in [-0.3, -0.25) is 0 Å². The van der Waals surface area contributed by atoms with Crippen molar-refractivity contribution in [1.82, 2.24) is 15.0 Å². The third-order valence-corrected chi connectivity index (χ3v) is 2.42. The van der Waals surface area contributed by atoms with Gasteiger partial charge in [0.15, 0.2) is 5.69 Å². The van der Waals surface area contributed by atoms with Crippen LogP contribution in [0.1, 0.15) is 5.69 Å². The minimum Gasteiger partial charge on any atom is -0.496 e. The van der Waals surface area contributed by atoms with Crippen LogP contribution in [0.5, 0.6) is 5.75 Å². The molecule has 0 spiro atoms. The normalized spacial score (nSPS) is 9.50. The summed E-state index contributed by atoms with van der Waals surface area (Å²) >= 11 is 0. The summed E-state index contributed by atoms with van der Waals surface area (Å²) in [6, 6.07) is 11.2. The van der Waals surface area contributed by atoms with Crippen LogP contribution in [-0.2, 0) is 6.54 Å². The van der Waals surface area contributed by atoms with Gasteiger partial charge in [-0.15, -0.1) is 5.10 Å². The monoisotopic (exact) mass is 239 g/mol. The summed E-state index contributed by atoms with van der Waals surface area (Å²) in [7, 11) is 1.54. The van der Waals surface area contributed by atoms with Gasteiger partial charge in [0.1, 0.15) is 24.1 Å². The molecule has 0 radical (unpaired) electrons. The van der Waals surface area contributed by atoms with Gasteiger partial charge < -0.3 is 4.74 Å². The fourth-order valence-corrected chi connectivity index (χ4v) is 1.67. The van der Waals surface area contributed by atoms with E-state index >= 15 is 0 Å². The van der Waals surface area contributed by atoms with E-state index in [9.17, 15) is 0 Å². The fourth-order valence-electron chi connectivity index (χ4n) is 1.67. The van der Waals surface area contributed by atoms with Crippen molar-refractivity contribution >= 4 is 0 Å². The van der Waals surface area contributed by atoms with Crippen molar-refractivity contribution in [2.24, 2.45) is 0 Å². The molecule has 0 aliphatic heterocycles. The highest BCUT2D eigenvalue weighted by molar-refractivity contribution is 5.71. The maximum Gasteiger partial charge on any atom is 0.190 e. The second kappa shape index (κ2) is 4.98. The molecular formula is C12H9N5O. The van der Waals surface area contributed by atoms with Crippen molar-refractivity contribution in [3.8, 4) is 29.1 Å². The lowest BCUT2D eigenvalue weighted by Gasteiger charge is -2.08. The Morgan fingerprint density at radius 2 is 2.11 bits per heavy atom. The molecule has 0 bridgehead atoms. The van der Waals surface area contributed by atoms with E-state index in [1.165, 1.54) is 4.68 Å². The highest BCUT2D eigenvalue weighted by atomic mass is 16.5. The first-order valence-corrected chi connectivity index (χ1v) is 5.15. The number of aromatic nitrogens is 3. The minimum atomic E-state index is 0.0298. The Morgan fingerprint density at radius 1 is 1.33 bits per heavy atom. The second-order valence-electron chi connectivity index (χ2n) is 3.41. The van der Waals surface area contributed by atoms with E-state index in [0.717, 1.165) is 0 Å². The molecule has 0 aliphatic rings. The van der Waals surface area contributed by atoms with Gasteiger partial charge in [0, 0.05) is 5.56 Å². The maximum absolute atomic E-state index is 9.04. The molecular weight excluding hydrogens is 230 g/mol. The Kier molecular flexibility index (Phi) is 3.22. The van der Waals surface area contributed by atoms with Crippen molar-refractivity contribution in [2.75, 3.05) is 7.11 Å². The molecule has 1 aromatic heterocycles. The number of rotatable bonds is 3. The van der Waals surface area contributed by atoms with Crippen molar-refractivity contribution in [3.05, 3.63) is 30.0 Å². The predicted octanol–water partition coefficient (Wildman–Crippen LogP) is 1.35. The molecule has 0 unspecified atom stereocenters. The molecule has 0 saturated heterocycles. The zero-order valence-corrected chi connectivity index (χ0v) is 9.66. The van der Waals surface area contributed by atoms with Crippen LogP contribution in [0.4, 0.5) is 0 Å². The van der Waals surface area contributed by atoms with E-state index in [2.05, 4.69) is 10.3 Å². The number of hydrogen-bond acceptors (Lipinski definition) is 5. The summed E-state index contributed by atoms with van der Waals surface area (Å²) in [5.74, 6) is 0.607. The smallest absolute Gasteiger partial charge is 0.190 e. The SMILES string of the molecule is COc1ccccc1-c1c(C#N)nnn1CC#N. The van der Waals surface area contributed by atoms with Crippen LogP contribution < -0.4 is 4.74 Å². The number of benzene rings is 1. The average Bonchev–Trinajstić information content (AvgIpc) is 2.82. The fraction of sp³-hybridized carbons (Fsp3) is 0.167. The molecule has 0 aliphatic carbocycles. The van der Waals surface area contributed by atoms with Gasteiger partial charge >= 0.3 is 0 Å². The van der Waals surface area contributed by atoms with Gasteiger partial charge in [-0.05, 0) is 12.1 Å².